The van der Waals surface area contributed by atoms with Crippen LogP contribution < -0.4 is 11.1 Å². The minimum absolute atomic E-state index is 0.0594. The van der Waals surface area contributed by atoms with Crippen LogP contribution in [0.15, 0.2) is 54.6 Å². The molecule has 0 fully saturated rings. The van der Waals surface area contributed by atoms with Crippen molar-refractivity contribution in [1.82, 2.24) is 14.6 Å². The molecular formula is C22H17ClN6O2. The van der Waals surface area contributed by atoms with Crippen LogP contribution in [0.2, 0.25) is 5.02 Å². The first-order valence-corrected chi connectivity index (χ1v) is 9.78. The lowest BCUT2D eigenvalue weighted by Gasteiger charge is -2.09. The molecule has 31 heavy (non-hydrogen) atoms. The molecule has 0 amide bonds. The summed E-state index contributed by atoms with van der Waals surface area (Å²) >= 11 is 5.99. The fourth-order valence-corrected chi connectivity index (χ4v) is 3.26. The van der Waals surface area contributed by atoms with Gasteiger partial charge in [-0.2, -0.15) is 9.78 Å². The van der Waals surface area contributed by atoms with E-state index in [0.717, 1.165) is 0 Å². The number of esters is 1. The highest BCUT2D eigenvalue weighted by Crippen LogP contribution is 2.32. The number of carbonyl (C=O) groups excluding carboxylic acids is 1. The van der Waals surface area contributed by atoms with Gasteiger partial charge in [-0.1, -0.05) is 41.9 Å². The summed E-state index contributed by atoms with van der Waals surface area (Å²) in [5.74, 6) is -0.320. The van der Waals surface area contributed by atoms with Crippen LogP contribution >= 0.6 is 11.6 Å². The second kappa shape index (κ2) is 8.34. The number of nitriles is 1. The molecule has 2 heterocycles. The van der Waals surface area contributed by atoms with Crippen LogP contribution in [0.5, 0.6) is 0 Å². The largest absolute Gasteiger partial charge is 0.462 e. The van der Waals surface area contributed by atoms with Gasteiger partial charge in [-0.15, -0.1) is 5.10 Å². The average molecular weight is 433 g/mol. The summed E-state index contributed by atoms with van der Waals surface area (Å²) < 4.78 is 6.51. The van der Waals surface area contributed by atoms with Crippen LogP contribution in [0.1, 0.15) is 22.8 Å². The fraction of sp³-hybridized carbons (Fsp3) is 0.0909. The molecule has 9 heteroatoms. The summed E-state index contributed by atoms with van der Waals surface area (Å²) in [4.78, 5) is 17.4. The summed E-state index contributed by atoms with van der Waals surface area (Å²) in [6, 6.07) is 18.1. The van der Waals surface area contributed by atoms with E-state index in [9.17, 15) is 10.1 Å². The van der Waals surface area contributed by atoms with Crippen LogP contribution in [0.3, 0.4) is 0 Å². The zero-order valence-electron chi connectivity index (χ0n) is 16.5. The Balaban J connectivity index is 1.98. The molecule has 2 aromatic heterocycles. The Kier molecular flexibility index (Phi) is 5.43. The minimum atomic E-state index is -0.602. The van der Waals surface area contributed by atoms with E-state index >= 15 is 0 Å². The van der Waals surface area contributed by atoms with Crippen molar-refractivity contribution in [1.29, 1.82) is 5.26 Å². The molecule has 0 unspecified atom stereocenters. The van der Waals surface area contributed by atoms with Gasteiger partial charge in [0.15, 0.2) is 11.5 Å². The molecule has 0 atom stereocenters. The van der Waals surface area contributed by atoms with Crippen LogP contribution in [0.25, 0.3) is 16.9 Å². The molecule has 8 nitrogen and oxygen atoms in total. The zero-order valence-corrected chi connectivity index (χ0v) is 17.2. The molecule has 0 radical (unpaired) electrons. The van der Waals surface area contributed by atoms with E-state index in [4.69, 9.17) is 22.1 Å². The molecule has 4 aromatic rings. The van der Waals surface area contributed by atoms with Crippen molar-refractivity contribution in [2.45, 2.75) is 6.92 Å². The SMILES string of the molecule is CCOC(=O)c1c(Nc2ccccc2)nn2c(N)c(C#N)c(-c3ccc(Cl)cc3)nc12. The number of nitrogens with one attached hydrogen (secondary N) is 1. The molecule has 0 spiro atoms. The Bertz CT molecular complexity index is 1310. The first-order valence-electron chi connectivity index (χ1n) is 9.41. The van der Waals surface area contributed by atoms with Gasteiger partial charge in [0.05, 0.1) is 12.3 Å². The highest BCUT2D eigenvalue weighted by Gasteiger charge is 2.26. The maximum atomic E-state index is 12.8. The lowest BCUT2D eigenvalue weighted by molar-refractivity contribution is 0.0529. The van der Waals surface area contributed by atoms with Gasteiger partial charge in [-0.3, -0.25) is 0 Å². The molecule has 0 aliphatic heterocycles. The quantitative estimate of drug-likeness (QED) is 0.448. The number of aromatic nitrogens is 3. The number of nitrogens with two attached hydrogens (primary N) is 1. The summed E-state index contributed by atoms with van der Waals surface area (Å²) in [5, 5.41) is 17.8. The molecule has 0 aliphatic rings. The standard InChI is InChI=1S/C22H17ClN6O2/c1-2-31-22(30)17-20(26-15-6-4-3-5-7-15)28-29-19(25)16(12-24)18(27-21(17)29)13-8-10-14(23)11-9-13/h3-11H,2,25H2,1H3,(H,26,28). The Hall–Kier alpha value is -4.09. The topological polar surface area (TPSA) is 118 Å². The van der Waals surface area contributed by atoms with E-state index in [-0.39, 0.29) is 35.0 Å². The van der Waals surface area contributed by atoms with Gasteiger partial charge in [0.1, 0.15) is 23.0 Å². The molecule has 154 valence electrons. The zero-order chi connectivity index (χ0) is 22.0. The van der Waals surface area contributed by atoms with Crippen molar-refractivity contribution in [2.24, 2.45) is 0 Å². The number of anilines is 3. The Labute approximate surface area is 182 Å². The van der Waals surface area contributed by atoms with Gasteiger partial charge in [-0.25, -0.2) is 9.78 Å². The number of rotatable bonds is 5. The molecule has 0 saturated carbocycles. The third-order valence-corrected chi connectivity index (χ3v) is 4.80. The van der Waals surface area contributed by atoms with E-state index in [1.54, 1.807) is 31.2 Å². The number of nitrogen functional groups attached to an aromatic ring is 1. The number of nitrogens with zero attached hydrogens (tertiary/aromatic N) is 4. The highest BCUT2D eigenvalue weighted by atomic mass is 35.5. The maximum Gasteiger partial charge on any atom is 0.345 e. The predicted octanol–water partition coefficient (Wildman–Crippen LogP) is 4.42. The van der Waals surface area contributed by atoms with Gasteiger partial charge >= 0.3 is 5.97 Å². The summed E-state index contributed by atoms with van der Waals surface area (Å²) in [6.45, 7) is 1.89. The van der Waals surface area contributed by atoms with Gasteiger partial charge in [0, 0.05) is 16.3 Å². The van der Waals surface area contributed by atoms with Crippen LogP contribution in [0.4, 0.5) is 17.3 Å². The molecule has 4 rings (SSSR count). The number of fused-ring (bicyclic) bond motifs is 1. The van der Waals surface area contributed by atoms with Gasteiger partial charge in [-0.05, 0) is 31.2 Å². The van der Waals surface area contributed by atoms with Crippen molar-refractivity contribution in [3.63, 3.8) is 0 Å². The predicted molar refractivity (Wildman–Crippen MR) is 118 cm³/mol. The Morgan fingerprint density at radius 2 is 1.94 bits per heavy atom. The van der Waals surface area contributed by atoms with E-state index in [0.29, 0.717) is 22.0 Å². The number of benzene rings is 2. The lowest BCUT2D eigenvalue weighted by Crippen LogP contribution is -2.09. The minimum Gasteiger partial charge on any atom is -0.462 e. The molecule has 3 N–H and O–H groups in total. The molecule has 0 saturated heterocycles. The number of hydrogen-bond acceptors (Lipinski definition) is 7. The molecule has 2 aromatic carbocycles. The van der Waals surface area contributed by atoms with E-state index < -0.39 is 5.97 Å². The number of halogens is 1. The van der Waals surface area contributed by atoms with Gasteiger partial charge < -0.3 is 15.8 Å². The summed E-state index contributed by atoms with van der Waals surface area (Å²) in [6.07, 6.45) is 0. The summed E-state index contributed by atoms with van der Waals surface area (Å²) in [5.41, 5.74) is 8.38. The first kappa shape index (κ1) is 20.2. The highest BCUT2D eigenvalue weighted by molar-refractivity contribution is 6.30. The average Bonchev–Trinajstić information content (AvgIpc) is 3.13. The normalized spacial score (nSPS) is 10.6. The van der Waals surface area contributed by atoms with Crippen LogP contribution in [0, 0.1) is 11.3 Å². The van der Waals surface area contributed by atoms with Crippen LogP contribution in [-0.4, -0.2) is 27.2 Å². The van der Waals surface area contributed by atoms with Crippen molar-refractivity contribution >= 4 is 40.5 Å². The third-order valence-electron chi connectivity index (χ3n) is 4.55. The third kappa shape index (κ3) is 3.74. The second-order valence-electron chi connectivity index (χ2n) is 6.51. The maximum absolute atomic E-state index is 12.8. The molecular weight excluding hydrogens is 416 g/mol. The van der Waals surface area contributed by atoms with E-state index in [1.165, 1.54) is 4.52 Å². The van der Waals surface area contributed by atoms with Crippen molar-refractivity contribution < 1.29 is 9.53 Å². The van der Waals surface area contributed by atoms with Crippen molar-refractivity contribution in [2.75, 3.05) is 17.7 Å². The lowest BCUT2D eigenvalue weighted by atomic mass is 10.1. The van der Waals surface area contributed by atoms with Gasteiger partial charge in [0.2, 0.25) is 0 Å². The Morgan fingerprint density at radius 3 is 2.58 bits per heavy atom. The van der Waals surface area contributed by atoms with E-state index in [2.05, 4.69) is 21.5 Å². The molecule has 0 bridgehead atoms. The fourth-order valence-electron chi connectivity index (χ4n) is 3.13. The van der Waals surface area contributed by atoms with Crippen molar-refractivity contribution in [3.8, 4) is 17.3 Å². The number of hydrogen-bond donors (Lipinski definition) is 2. The number of para-hydroxylation sites is 1. The Morgan fingerprint density at radius 1 is 1.23 bits per heavy atom. The van der Waals surface area contributed by atoms with Gasteiger partial charge in [0.25, 0.3) is 0 Å². The number of ether oxygens (including phenoxy) is 1. The smallest absolute Gasteiger partial charge is 0.345 e. The second-order valence-corrected chi connectivity index (χ2v) is 6.95. The molecule has 0 aliphatic carbocycles. The monoisotopic (exact) mass is 432 g/mol. The van der Waals surface area contributed by atoms with Crippen LogP contribution in [-0.2, 0) is 4.74 Å². The summed E-state index contributed by atoms with van der Waals surface area (Å²) in [7, 11) is 0. The number of carbonyl (C=O) groups is 1. The van der Waals surface area contributed by atoms with E-state index in [1.807, 2.05) is 30.3 Å². The van der Waals surface area contributed by atoms with Crippen molar-refractivity contribution in [3.05, 3.63) is 70.7 Å². The first-order chi connectivity index (χ1) is 15.0.